The maximum absolute atomic E-state index is 13.1. The highest BCUT2D eigenvalue weighted by molar-refractivity contribution is 9.10. The Morgan fingerprint density at radius 1 is 0.945 bits per heavy atom. The minimum Gasteiger partial charge on any atom is -0.470 e. The molecule has 3 aliphatic heterocycles. The van der Waals surface area contributed by atoms with Crippen molar-refractivity contribution < 1.29 is 37.5 Å². The van der Waals surface area contributed by atoms with Crippen LogP contribution in [0.5, 0.6) is 5.88 Å². The van der Waals surface area contributed by atoms with Crippen molar-refractivity contribution in [2.45, 2.75) is 90.1 Å². The van der Waals surface area contributed by atoms with Crippen molar-refractivity contribution in [2.75, 3.05) is 18.9 Å². The first-order valence-corrected chi connectivity index (χ1v) is 32.3. The first-order chi connectivity index (χ1) is 43.9. The van der Waals surface area contributed by atoms with Gasteiger partial charge >= 0.3 is 0 Å². The minimum atomic E-state index is -2.62. The summed E-state index contributed by atoms with van der Waals surface area (Å²) in [6.07, 6.45) is 8.86. The second-order valence-corrected chi connectivity index (χ2v) is 27.0. The number of ketones is 2. The van der Waals surface area contributed by atoms with Crippen LogP contribution in [0.3, 0.4) is 0 Å². The molecule has 12 heterocycles. The lowest BCUT2D eigenvalue weighted by Gasteiger charge is -2.29. The van der Waals surface area contributed by atoms with Crippen molar-refractivity contribution in [2.24, 2.45) is 12.5 Å². The lowest BCUT2D eigenvalue weighted by atomic mass is 9.74. The molecule has 9 aromatic heterocycles. The van der Waals surface area contributed by atoms with Gasteiger partial charge in [0.05, 0.1) is 62.8 Å². The van der Waals surface area contributed by atoms with Gasteiger partial charge in [-0.1, -0.05) is 70.0 Å². The van der Waals surface area contributed by atoms with E-state index in [0.29, 0.717) is 69.4 Å². The van der Waals surface area contributed by atoms with E-state index in [0.717, 1.165) is 94.5 Å². The summed E-state index contributed by atoms with van der Waals surface area (Å²) in [6.45, 7) is 11.0. The quantitative estimate of drug-likeness (QED) is 0.0985. The maximum atomic E-state index is 13.1. The largest absolute Gasteiger partial charge is 0.470 e. The molecule has 16 rings (SSSR count). The first-order valence-electron chi connectivity index (χ1n) is 28.8. The van der Waals surface area contributed by atoms with Crippen molar-refractivity contribution in [3.8, 4) is 50.0 Å². The summed E-state index contributed by atoms with van der Waals surface area (Å²) in [7, 11) is 1.81. The summed E-state index contributed by atoms with van der Waals surface area (Å²) < 4.78 is 47.8. The van der Waals surface area contributed by atoms with Crippen LogP contribution in [0.2, 0.25) is 0 Å². The van der Waals surface area contributed by atoms with Crippen LogP contribution in [0, 0.1) is 19.3 Å². The van der Waals surface area contributed by atoms with Crippen LogP contribution in [0.25, 0.3) is 60.6 Å². The highest BCUT2D eigenvalue weighted by Crippen LogP contribution is 2.49. The number of thioether (sulfide) groups is 1. The molecule has 1 N–H and O–H groups in total. The van der Waals surface area contributed by atoms with Gasteiger partial charge in [-0.2, -0.15) is 9.61 Å². The Bertz CT molecular complexity index is 4760. The van der Waals surface area contributed by atoms with Crippen molar-refractivity contribution >= 4 is 84.3 Å². The second kappa shape index (κ2) is 25.0. The van der Waals surface area contributed by atoms with Crippen molar-refractivity contribution in [1.29, 1.82) is 0 Å². The number of imidazole rings is 2. The molecule has 0 radical (unpaired) electrons. The van der Waals surface area contributed by atoms with Gasteiger partial charge in [-0.3, -0.25) is 23.6 Å². The minimum absolute atomic E-state index is 0.0100. The number of aryl methyl sites for hydroxylation is 3. The van der Waals surface area contributed by atoms with Crippen LogP contribution in [-0.4, -0.2) is 125 Å². The summed E-state index contributed by atoms with van der Waals surface area (Å²) in [5, 5.41) is 43.0. The number of nitrogens with zero attached hydrogens (tertiary/aromatic N) is 17. The number of carbonyl (C=O) groups excluding carboxylic acids is 3. The average molecular weight is 1350 g/mol. The zero-order valence-electron chi connectivity index (χ0n) is 49.8. The van der Waals surface area contributed by atoms with E-state index in [9.17, 15) is 23.2 Å². The highest BCUT2D eigenvalue weighted by atomic mass is 79.9. The third kappa shape index (κ3) is 11.8. The van der Waals surface area contributed by atoms with Crippen LogP contribution in [0.1, 0.15) is 123 Å². The van der Waals surface area contributed by atoms with Crippen LogP contribution >= 0.6 is 50.4 Å². The number of amides is 1. The smallest absolute Gasteiger partial charge is 0.282 e. The molecular weight excluding hydrogens is 1290 g/mol. The predicted molar refractivity (Wildman–Crippen MR) is 339 cm³/mol. The number of halogens is 3. The number of Topliss-reactive ketones (excluding diaryl/α,β-unsaturated/α-hetero) is 2. The molecule has 0 bridgehead atoms. The standard InChI is InChI=1S/C17H14N8O2.C17H17N3O2.C15H17NO2S3.C13H8BrF2N5/c1-10-7-14(22-27-10)16-20-19-15-12-5-3-4-6-13(12)17(21-25(15)16)26-9-11-8-24(2)23-18-11;1-10-5-6-13-12(8-10)17(22)19-7-3-4-14(19)16-15(11(2)21)18-9-20(13)16;1-15(2)7-9-11(10(18)8-15)14(20-6-4-17)21-12(9)13-16-3-5-19-13;14-7-1-2-9-8(3-7)13-17-5-19-21(13)4-10-11(12(15)16)18-6-20(9)10/h3-8H,9H2,1-2H3;5-6,8-9,14H,3-4,7H2,1-2H3;3,5,17H,4,6-8H2,1-2H3;1-3,5-6,12H,4H2/t;14-;;/m.0../s1. The summed E-state index contributed by atoms with van der Waals surface area (Å²) in [5.41, 5.74) is 9.66. The molecule has 23 nitrogen and oxygen atoms in total. The lowest BCUT2D eigenvalue weighted by molar-refractivity contribution is 0.0735. The molecule has 464 valence electrons. The molecule has 0 spiro atoms. The SMILES string of the molecule is CC(=O)c1ncn2c1[C@@H]1CCCN1C(=O)c1cc(C)ccc1-2.CC1(C)CC(=O)c2c(SCCO)sc(-c3nccs3)c2C1.Cc1cc(-c2nnc3c4ccccc4c(OCc4cn(C)nn4)nn23)no1.FC(F)c1ncn2c1Cn1ncnc1-c1cc(Br)ccc1-2. The number of benzene rings is 3. The number of aromatic nitrogens is 16. The van der Waals surface area contributed by atoms with Gasteiger partial charge in [0.1, 0.15) is 53.4 Å². The number of aliphatic hydroxyl groups excluding tert-OH is 1. The summed E-state index contributed by atoms with van der Waals surface area (Å²) in [6, 6.07) is 20.9. The normalized spacial score (nSPS) is 15.0. The Labute approximate surface area is 538 Å². The number of hydrogen-bond acceptors (Lipinski definition) is 20. The van der Waals surface area contributed by atoms with Gasteiger partial charge in [-0.25, -0.2) is 33.4 Å². The fraction of sp³-hybridized carbons (Fsp3) is 0.290. The Hall–Kier alpha value is -9.03. The lowest BCUT2D eigenvalue weighted by Crippen LogP contribution is -2.30. The van der Waals surface area contributed by atoms with E-state index < -0.39 is 6.43 Å². The highest BCUT2D eigenvalue weighted by Gasteiger charge is 2.40. The number of rotatable bonds is 10. The molecule has 12 aromatic rings. The van der Waals surface area contributed by atoms with Crippen LogP contribution in [0.4, 0.5) is 8.78 Å². The summed E-state index contributed by atoms with van der Waals surface area (Å²) in [5.74, 6) is 3.13. The average Bonchev–Trinajstić information content (AvgIpc) is 1.70. The molecule has 29 heteroatoms. The molecule has 1 amide bonds. The van der Waals surface area contributed by atoms with E-state index in [-0.39, 0.29) is 54.4 Å². The molecule has 0 unspecified atom stereocenters. The number of aliphatic hydroxyl groups is 1. The monoisotopic (exact) mass is 1350 g/mol. The van der Waals surface area contributed by atoms with Gasteiger partial charge in [-0.15, -0.1) is 54.8 Å². The Morgan fingerprint density at radius 3 is 2.49 bits per heavy atom. The number of alkyl halides is 2. The molecule has 4 aliphatic rings. The van der Waals surface area contributed by atoms with E-state index in [1.165, 1.54) is 19.6 Å². The third-order valence-electron chi connectivity index (χ3n) is 15.7. The molecule has 1 atom stereocenters. The van der Waals surface area contributed by atoms with E-state index >= 15 is 0 Å². The second-order valence-electron chi connectivity index (χ2n) is 22.8. The molecule has 1 aliphatic carbocycles. The Balaban J connectivity index is 0.000000112. The molecule has 0 saturated carbocycles. The number of carbonyl (C=O) groups is 3. The zero-order valence-corrected chi connectivity index (χ0v) is 53.8. The van der Waals surface area contributed by atoms with Crippen LogP contribution in [0.15, 0.2) is 117 Å². The molecular formula is C62H56BrF2N17O6S3. The maximum Gasteiger partial charge on any atom is 0.282 e. The van der Waals surface area contributed by atoms with Gasteiger partial charge in [0.15, 0.2) is 28.7 Å². The topological polar surface area (TPSA) is 263 Å². The molecule has 3 aromatic carbocycles. The van der Waals surface area contributed by atoms with Gasteiger partial charge in [0.2, 0.25) is 11.7 Å². The number of thiazole rings is 1. The Kier molecular flexibility index (Phi) is 16.7. The third-order valence-corrected chi connectivity index (χ3v) is 19.6. The molecule has 91 heavy (non-hydrogen) atoms. The van der Waals surface area contributed by atoms with Crippen molar-refractivity contribution in [3.63, 3.8) is 0 Å². The summed E-state index contributed by atoms with van der Waals surface area (Å²) >= 11 is 8.28. The van der Waals surface area contributed by atoms with Crippen molar-refractivity contribution in [1.82, 2.24) is 83.7 Å². The van der Waals surface area contributed by atoms with Gasteiger partial charge in [0, 0.05) is 76.7 Å². The van der Waals surface area contributed by atoms with E-state index in [2.05, 4.69) is 85.6 Å². The summed E-state index contributed by atoms with van der Waals surface area (Å²) in [4.78, 5) is 57.3. The number of thiophene rings is 1. The van der Waals surface area contributed by atoms with E-state index in [1.807, 2.05) is 95.6 Å². The van der Waals surface area contributed by atoms with E-state index in [4.69, 9.17) is 14.4 Å². The zero-order chi connectivity index (χ0) is 63.4. The van der Waals surface area contributed by atoms with Crippen LogP contribution in [-0.2, 0) is 26.6 Å². The molecule has 1 fully saturated rings. The van der Waals surface area contributed by atoms with Crippen molar-refractivity contribution in [3.05, 3.63) is 164 Å². The molecule has 1 saturated heterocycles. The number of fused-ring (bicyclic) bond motifs is 14. The fourth-order valence-corrected chi connectivity index (χ4v) is 15.4. The number of ether oxygens (including phenoxy) is 1. The number of hydrogen-bond donors (Lipinski definition) is 1. The van der Waals surface area contributed by atoms with Gasteiger partial charge in [-0.05, 0) is 80.5 Å². The van der Waals surface area contributed by atoms with Gasteiger partial charge in [0.25, 0.3) is 12.3 Å². The van der Waals surface area contributed by atoms with E-state index in [1.54, 1.807) is 78.5 Å². The Morgan fingerprint density at radius 2 is 1.75 bits per heavy atom. The fourth-order valence-electron chi connectivity index (χ4n) is 11.8. The van der Waals surface area contributed by atoms with Crippen LogP contribution < -0.4 is 4.74 Å². The van der Waals surface area contributed by atoms with Gasteiger partial charge < -0.3 is 23.8 Å². The predicted octanol–water partition coefficient (Wildman–Crippen LogP) is 11.9. The first kappa shape index (κ1) is 60.9.